The number of hydrogen-bond donors (Lipinski definition) is 2. The fourth-order valence-corrected chi connectivity index (χ4v) is 2.44. The van der Waals surface area contributed by atoms with Crippen molar-refractivity contribution in [1.82, 2.24) is 0 Å². The molecule has 0 aliphatic carbocycles. The third-order valence-electron chi connectivity index (χ3n) is 3.45. The number of nitrogens with one attached hydrogen (secondary N) is 2. The zero-order valence-electron chi connectivity index (χ0n) is 17.2. The van der Waals surface area contributed by atoms with Crippen molar-refractivity contribution < 1.29 is 28.5 Å². The number of halogens is 1. The van der Waals surface area contributed by atoms with Gasteiger partial charge in [-0.05, 0) is 0 Å². The number of methoxy groups -OCH3 is 4. The number of benzene rings is 2. The fraction of sp³-hybridized carbons (Fsp3) is 0.300. The van der Waals surface area contributed by atoms with Crippen molar-refractivity contribution in [3.63, 3.8) is 0 Å². The molecule has 29 heavy (non-hydrogen) atoms. The Morgan fingerprint density at radius 1 is 0.724 bits per heavy atom. The molecule has 2 aromatic rings. The summed E-state index contributed by atoms with van der Waals surface area (Å²) in [5.74, 6) is 1.99. The summed E-state index contributed by atoms with van der Waals surface area (Å²) in [5, 5.41) is 5.60. The lowest BCUT2D eigenvalue weighted by Gasteiger charge is -2.11. The minimum absolute atomic E-state index is 0.125. The van der Waals surface area contributed by atoms with Gasteiger partial charge < -0.3 is 29.6 Å². The molecule has 0 radical (unpaired) electrons. The predicted octanol–water partition coefficient (Wildman–Crippen LogP) is 3.98. The van der Waals surface area contributed by atoms with Crippen LogP contribution in [0.25, 0.3) is 0 Å². The molecule has 158 valence electrons. The Bertz CT molecular complexity index is 835. The van der Waals surface area contributed by atoms with E-state index in [1.165, 1.54) is 28.1 Å². The maximum Gasteiger partial charge on any atom is 0.221 e. The van der Waals surface area contributed by atoms with E-state index in [1.807, 2.05) is 0 Å². The smallest absolute Gasteiger partial charge is 0.221 e. The second-order valence-electron chi connectivity index (χ2n) is 5.65. The number of ether oxygens (including phenoxy) is 4. The number of rotatable bonds is 6. The Morgan fingerprint density at radius 2 is 1.21 bits per heavy atom. The summed E-state index contributed by atoms with van der Waals surface area (Å²) in [6, 6.07) is 8.47. The lowest BCUT2D eigenvalue weighted by atomic mass is 10.2. The fourth-order valence-electron chi connectivity index (χ4n) is 2.20. The Hall–Kier alpha value is -3.13. The van der Waals surface area contributed by atoms with Crippen LogP contribution < -0.4 is 29.6 Å². The highest BCUT2D eigenvalue weighted by Crippen LogP contribution is 2.36. The molecule has 0 atom stereocenters. The van der Waals surface area contributed by atoms with E-state index in [2.05, 4.69) is 10.6 Å². The van der Waals surface area contributed by atoms with Crippen LogP contribution in [0.15, 0.2) is 30.3 Å². The number of amides is 2. The molecule has 0 fully saturated rings. The zero-order valence-corrected chi connectivity index (χ0v) is 18.0. The van der Waals surface area contributed by atoms with Crippen molar-refractivity contribution in [3.8, 4) is 23.0 Å². The Balaban J connectivity index is 0.000000291. The molecule has 0 spiro atoms. The van der Waals surface area contributed by atoms with E-state index in [0.717, 1.165) is 0 Å². The van der Waals surface area contributed by atoms with Crippen molar-refractivity contribution in [2.24, 2.45) is 0 Å². The highest BCUT2D eigenvalue weighted by molar-refractivity contribution is 6.35. The zero-order chi connectivity index (χ0) is 22.0. The molecule has 2 rings (SSSR count). The third kappa shape index (κ3) is 7.79. The molecule has 0 heterocycles. The normalized spacial score (nSPS) is 9.48. The van der Waals surface area contributed by atoms with Gasteiger partial charge in [-0.3, -0.25) is 9.59 Å². The summed E-state index contributed by atoms with van der Waals surface area (Å²) in [6.07, 6.45) is 0. The second-order valence-corrected chi connectivity index (χ2v) is 6.03. The first kappa shape index (κ1) is 23.9. The lowest BCUT2D eigenvalue weighted by Crippen LogP contribution is -2.06. The summed E-state index contributed by atoms with van der Waals surface area (Å²) in [4.78, 5) is 21.7. The van der Waals surface area contributed by atoms with Crippen LogP contribution >= 0.6 is 11.6 Å². The van der Waals surface area contributed by atoms with Gasteiger partial charge in [-0.25, -0.2) is 0 Å². The first-order valence-electron chi connectivity index (χ1n) is 8.43. The topological polar surface area (TPSA) is 95.1 Å². The van der Waals surface area contributed by atoms with Gasteiger partial charge in [-0.2, -0.15) is 0 Å². The summed E-state index contributed by atoms with van der Waals surface area (Å²) in [7, 11) is 6.15. The second kappa shape index (κ2) is 11.7. The van der Waals surface area contributed by atoms with Gasteiger partial charge in [0.1, 0.15) is 28.0 Å². The molecule has 0 unspecified atom stereocenters. The molecule has 0 saturated heterocycles. The largest absolute Gasteiger partial charge is 0.497 e. The minimum atomic E-state index is -0.202. The SMILES string of the molecule is COc1cc(NC(C)=O)c(Cl)c(OC)c1.COc1cc(NC(C)=O)cc(OC)c1. The van der Waals surface area contributed by atoms with E-state index in [-0.39, 0.29) is 11.8 Å². The van der Waals surface area contributed by atoms with Crippen LogP contribution in [0, 0.1) is 0 Å². The van der Waals surface area contributed by atoms with Crippen LogP contribution in [0.4, 0.5) is 11.4 Å². The van der Waals surface area contributed by atoms with Crippen LogP contribution in [0.2, 0.25) is 5.02 Å². The highest BCUT2D eigenvalue weighted by Gasteiger charge is 2.11. The third-order valence-corrected chi connectivity index (χ3v) is 3.84. The van der Waals surface area contributed by atoms with E-state index in [0.29, 0.717) is 39.4 Å². The minimum Gasteiger partial charge on any atom is -0.497 e. The maximum absolute atomic E-state index is 10.9. The number of carbonyl (C=O) groups is 2. The van der Waals surface area contributed by atoms with E-state index >= 15 is 0 Å². The first-order valence-corrected chi connectivity index (χ1v) is 8.81. The van der Waals surface area contributed by atoms with Gasteiger partial charge in [0.25, 0.3) is 0 Å². The number of anilines is 2. The van der Waals surface area contributed by atoms with Crippen molar-refractivity contribution >= 4 is 34.8 Å². The maximum atomic E-state index is 10.9. The Morgan fingerprint density at radius 3 is 1.62 bits per heavy atom. The summed E-state index contributed by atoms with van der Waals surface area (Å²) >= 11 is 5.99. The van der Waals surface area contributed by atoms with Gasteiger partial charge in [-0.15, -0.1) is 0 Å². The van der Waals surface area contributed by atoms with Gasteiger partial charge in [0, 0.05) is 49.9 Å². The van der Waals surface area contributed by atoms with Crippen molar-refractivity contribution in [2.75, 3.05) is 39.1 Å². The summed E-state index contributed by atoms with van der Waals surface area (Å²) in [6.45, 7) is 2.86. The molecule has 2 aromatic carbocycles. The average molecular weight is 425 g/mol. The summed E-state index contributed by atoms with van der Waals surface area (Å²) in [5.41, 5.74) is 1.13. The number of hydrogen-bond acceptors (Lipinski definition) is 6. The molecular weight excluding hydrogens is 400 g/mol. The van der Waals surface area contributed by atoms with Crippen LogP contribution in [0.1, 0.15) is 13.8 Å². The first-order chi connectivity index (χ1) is 13.7. The van der Waals surface area contributed by atoms with Crippen LogP contribution in [-0.4, -0.2) is 40.3 Å². The van der Waals surface area contributed by atoms with Crippen molar-refractivity contribution in [2.45, 2.75) is 13.8 Å². The molecular formula is C20H25ClN2O6. The molecule has 2 amide bonds. The molecule has 9 heteroatoms. The van der Waals surface area contributed by atoms with Crippen molar-refractivity contribution in [3.05, 3.63) is 35.4 Å². The molecule has 0 aromatic heterocycles. The number of carbonyl (C=O) groups excluding carboxylic acids is 2. The molecule has 2 N–H and O–H groups in total. The molecule has 8 nitrogen and oxygen atoms in total. The van der Waals surface area contributed by atoms with Crippen LogP contribution in [0.5, 0.6) is 23.0 Å². The van der Waals surface area contributed by atoms with Gasteiger partial charge in [-0.1, -0.05) is 11.6 Å². The molecule has 0 aliphatic heterocycles. The van der Waals surface area contributed by atoms with Crippen molar-refractivity contribution in [1.29, 1.82) is 0 Å². The van der Waals surface area contributed by atoms with Crippen LogP contribution in [0.3, 0.4) is 0 Å². The van der Waals surface area contributed by atoms with E-state index in [9.17, 15) is 9.59 Å². The monoisotopic (exact) mass is 424 g/mol. The van der Waals surface area contributed by atoms with E-state index in [1.54, 1.807) is 44.6 Å². The predicted molar refractivity (Wildman–Crippen MR) is 113 cm³/mol. The summed E-state index contributed by atoms with van der Waals surface area (Å²) < 4.78 is 20.2. The average Bonchev–Trinajstić information content (AvgIpc) is 2.68. The van der Waals surface area contributed by atoms with Gasteiger partial charge in [0.15, 0.2) is 0 Å². The molecule has 0 bridgehead atoms. The van der Waals surface area contributed by atoms with E-state index < -0.39 is 0 Å². The van der Waals surface area contributed by atoms with Gasteiger partial charge in [0.05, 0.1) is 34.1 Å². The van der Waals surface area contributed by atoms with E-state index in [4.69, 9.17) is 30.5 Å². The lowest BCUT2D eigenvalue weighted by molar-refractivity contribution is -0.115. The van der Waals surface area contributed by atoms with Crippen LogP contribution in [-0.2, 0) is 9.59 Å². The molecule has 0 saturated carbocycles. The Kier molecular flexibility index (Phi) is 9.61. The quantitative estimate of drug-likeness (QED) is 0.728. The standard InChI is InChI=1S/C10H12ClNO3.C10H13NO3/c1-6(13)12-8-4-7(14-2)5-9(15-3)10(8)11;1-7(12)11-8-4-9(13-2)6-10(5-8)14-3/h4-5H,1-3H3,(H,12,13);4-6H,1-3H3,(H,11,12). The Labute approximate surface area is 175 Å². The van der Waals surface area contributed by atoms with Gasteiger partial charge in [0.2, 0.25) is 11.8 Å². The molecule has 0 aliphatic rings. The highest BCUT2D eigenvalue weighted by atomic mass is 35.5. The van der Waals surface area contributed by atoms with Gasteiger partial charge >= 0.3 is 0 Å².